The predicted octanol–water partition coefficient (Wildman–Crippen LogP) is 3.61. The lowest BCUT2D eigenvalue weighted by Crippen LogP contribution is -2.40. The lowest BCUT2D eigenvalue weighted by Gasteiger charge is -2.23. The van der Waals surface area contributed by atoms with E-state index in [1.807, 2.05) is 6.92 Å². The van der Waals surface area contributed by atoms with Crippen LogP contribution in [0.1, 0.15) is 48.5 Å². The number of rotatable bonds is 5. The standard InChI is InChI=1S/C16H18F3NO3/c1-2-3-10-23-14-9-8-13(21)20(14)15(22)11-4-6-12(7-5-11)16(17,18)19/h4-7,14H,2-3,8-10H2,1H3. The van der Waals surface area contributed by atoms with Crippen molar-refractivity contribution in [2.75, 3.05) is 6.61 Å². The van der Waals surface area contributed by atoms with Crippen molar-refractivity contribution in [1.82, 2.24) is 4.90 Å². The molecule has 0 radical (unpaired) electrons. The summed E-state index contributed by atoms with van der Waals surface area (Å²) in [6, 6.07) is 3.83. The molecular formula is C16H18F3NO3. The summed E-state index contributed by atoms with van der Waals surface area (Å²) in [6.07, 6.45) is -2.75. The number of hydrogen-bond acceptors (Lipinski definition) is 3. The molecule has 1 unspecified atom stereocenters. The molecule has 2 rings (SSSR count). The number of amides is 2. The van der Waals surface area contributed by atoms with Crippen LogP contribution in [0.15, 0.2) is 24.3 Å². The van der Waals surface area contributed by atoms with Crippen LogP contribution in [0.4, 0.5) is 13.2 Å². The van der Waals surface area contributed by atoms with Crippen molar-refractivity contribution < 1.29 is 27.5 Å². The first-order valence-corrected chi connectivity index (χ1v) is 7.50. The van der Waals surface area contributed by atoms with E-state index in [-0.39, 0.29) is 17.9 Å². The maximum atomic E-state index is 12.5. The van der Waals surface area contributed by atoms with Gasteiger partial charge in [-0.3, -0.25) is 14.5 Å². The van der Waals surface area contributed by atoms with Crippen LogP contribution >= 0.6 is 0 Å². The van der Waals surface area contributed by atoms with Crippen LogP contribution < -0.4 is 0 Å². The van der Waals surface area contributed by atoms with Crippen molar-refractivity contribution >= 4 is 11.8 Å². The quantitative estimate of drug-likeness (QED) is 0.612. The molecule has 1 aromatic carbocycles. The van der Waals surface area contributed by atoms with Crippen molar-refractivity contribution in [2.24, 2.45) is 0 Å². The average molecular weight is 329 g/mol. The fourth-order valence-electron chi connectivity index (χ4n) is 2.36. The molecular weight excluding hydrogens is 311 g/mol. The SMILES string of the molecule is CCCCOC1CCC(=O)N1C(=O)c1ccc(C(F)(F)F)cc1. The highest BCUT2D eigenvalue weighted by molar-refractivity contribution is 6.05. The summed E-state index contributed by atoms with van der Waals surface area (Å²) >= 11 is 0. The molecule has 1 aliphatic heterocycles. The largest absolute Gasteiger partial charge is 0.416 e. The van der Waals surface area contributed by atoms with Gasteiger partial charge in [-0.1, -0.05) is 13.3 Å². The third kappa shape index (κ3) is 4.10. The highest BCUT2D eigenvalue weighted by Crippen LogP contribution is 2.30. The first-order chi connectivity index (χ1) is 10.8. The van der Waals surface area contributed by atoms with Crippen LogP contribution in [-0.2, 0) is 15.7 Å². The van der Waals surface area contributed by atoms with Gasteiger partial charge in [0.1, 0.15) is 6.23 Å². The van der Waals surface area contributed by atoms with Gasteiger partial charge in [0.15, 0.2) is 0 Å². The summed E-state index contributed by atoms with van der Waals surface area (Å²) in [5.74, 6) is -0.987. The molecule has 1 atom stereocenters. The molecule has 1 saturated heterocycles. The van der Waals surface area contributed by atoms with Gasteiger partial charge in [-0.25, -0.2) is 0 Å². The summed E-state index contributed by atoms with van der Waals surface area (Å²) < 4.78 is 43.2. The minimum atomic E-state index is -4.46. The van der Waals surface area contributed by atoms with E-state index < -0.39 is 23.9 Å². The highest BCUT2D eigenvalue weighted by Gasteiger charge is 2.37. The van der Waals surface area contributed by atoms with Crippen molar-refractivity contribution in [3.8, 4) is 0 Å². The van der Waals surface area contributed by atoms with E-state index in [4.69, 9.17) is 4.74 Å². The van der Waals surface area contributed by atoms with E-state index in [0.29, 0.717) is 13.0 Å². The van der Waals surface area contributed by atoms with E-state index in [0.717, 1.165) is 42.0 Å². The first kappa shape index (κ1) is 17.5. The van der Waals surface area contributed by atoms with Gasteiger partial charge < -0.3 is 4.74 Å². The molecule has 4 nitrogen and oxygen atoms in total. The van der Waals surface area contributed by atoms with Crippen LogP contribution in [0.3, 0.4) is 0 Å². The zero-order chi connectivity index (χ0) is 17.0. The number of ether oxygens (including phenoxy) is 1. The Labute approximate surface area is 132 Å². The second-order valence-corrected chi connectivity index (χ2v) is 5.36. The summed E-state index contributed by atoms with van der Waals surface area (Å²) in [6.45, 7) is 2.43. The van der Waals surface area contributed by atoms with Gasteiger partial charge in [-0.05, 0) is 30.7 Å². The monoisotopic (exact) mass is 329 g/mol. The van der Waals surface area contributed by atoms with E-state index in [1.54, 1.807) is 0 Å². The molecule has 0 bridgehead atoms. The van der Waals surface area contributed by atoms with Gasteiger partial charge in [-0.15, -0.1) is 0 Å². The molecule has 1 fully saturated rings. The van der Waals surface area contributed by atoms with E-state index in [1.165, 1.54) is 0 Å². The maximum Gasteiger partial charge on any atom is 0.416 e. The second-order valence-electron chi connectivity index (χ2n) is 5.36. The molecule has 23 heavy (non-hydrogen) atoms. The van der Waals surface area contributed by atoms with Gasteiger partial charge in [-0.2, -0.15) is 13.2 Å². The third-order valence-electron chi connectivity index (χ3n) is 3.65. The summed E-state index contributed by atoms with van der Waals surface area (Å²) in [4.78, 5) is 25.3. The van der Waals surface area contributed by atoms with Crippen LogP contribution in [-0.4, -0.2) is 29.5 Å². The van der Waals surface area contributed by atoms with Crippen molar-refractivity contribution in [3.63, 3.8) is 0 Å². The highest BCUT2D eigenvalue weighted by atomic mass is 19.4. The molecule has 0 N–H and O–H groups in total. The molecule has 1 aliphatic rings. The number of likely N-dealkylation sites (tertiary alicyclic amines) is 1. The Morgan fingerprint density at radius 1 is 1.30 bits per heavy atom. The second kappa shape index (κ2) is 7.12. The van der Waals surface area contributed by atoms with Crippen LogP contribution in [0.5, 0.6) is 0 Å². The van der Waals surface area contributed by atoms with Gasteiger partial charge in [0.2, 0.25) is 5.91 Å². The van der Waals surface area contributed by atoms with Gasteiger partial charge in [0.25, 0.3) is 5.91 Å². The molecule has 126 valence electrons. The molecule has 0 aromatic heterocycles. The van der Waals surface area contributed by atoms with E-state index in [2.05, 4.69) is 0 Å². The van der Waals surface area contributed by atoms with Gasteiger partial charge >= 0.3 is 6.18 Å². The Kier molecular flexibility index (Phi) is 5.41. The van der Waals surface area contributed by atoms with Crippen LogP contribution in [0.2, 0.25) is 0 Å². The van der Waals surface area contributed by atoms with Crippen LogP contribution in [0, 0.1) is 0 Å². The lowest BCUT2D eigenvalue weighted by molar-refractivity contribution is -0.137. The van der Waals surface area contributed by atoms with Crippen molar-refractivity contribution in [1.29, 1.82) is 0 Å². The van der Waals surface area contributed by atoms with Crippen molar-refractivity contribution in [2.45, 2.75) is 45.0 Å². The molecule has 7 heteroatoms. The van der Waals surface area contributed by atoms with Gasteiger partial charge in [0, 0.05) is 25.0 Å². The number of imide groups is 1. The number of nitrogens with zero attached hydrogens (tertiary/aromatic N) is 1. The number of carbonyl (C=O) groups excluding carboxylic acids is 2. The number of carbonyl (C=O) groups is 2. The molecule has 2 amide bonds. The number of halogens is 3. The Hall–Kier alpha value is -1.89. The smallest absolute Gasteiger partial charge is 0.358 e. The number of hydrogen-bond donors (Lipinski definition) is 0. The summed E-state index contributed by atoms with van der Waals surface area (Å²) in [7, 11) is 0. The Bertz CT molecular complexity index is 569. The average Bonchev–Trinajstić information content (AvgIpc) is 2.87. The normalized spacial score (nSPS) is 18.5. The first-order valence-electron chi connectivity index (χ1n) is 7.50. The van der Waals surface area contributed by atoms with E-state index in [9.17, 15) is 22.8 Å². The molecule has 0 spiro atoms. The molecule has 1 aromatic rings. The minimum Gasteiger partial charge on any atom is -0.358 e. The Balaban J connectivity index is 2.12. The minimum absolute atomic E-state index is 0.0392. The maximum absolute atomic E-state index is 12.5. The topological polar surface area (TPSA) is 46.6 Å². The fourth-order valence-corrected chi connectivity index (χ4v) is 2.36. The zero-order valence-corrected chi connectivity index (χ0v) is 12.7. The third-order valence-corrected chi connectivity index (χ3v) is 3.65. The predicted molar refractivity (Wildman–Crippen MR) is 76.5 cm³/mol. The Morgan fingerprint density at radius 2 is 1.96 bits per heavy atom. The lowest BCUT2D eigenvalue weighted by atomic mass is 10.1. The van der Waals surface area contributed by atoms with Crippen molar-refractivity contribution in [3.05, 3.63) is 35.4 Å². The van der Waals surface area contributed by atoms with Gasteiger partial charge in [0.05, 0.1) is 5.56 Å². The molecule has 0 aliphatic carbocycles. The number of unbranched alkanes of at least 4 members (excludes halogenated alkanes) is 1. The number of alkyl halides is 3. The number of benzene rings is 1. The summed E-state index contributed by atoms with van der Waals surface area (Å²) in [5, 5.41) is 0. The van der Waals surface area contributed by atoms with Crippen LogP contribution in [0.25, 0.3) is 0 Å². The zero-order valence-electron chi connectivity index (χ0n) is 12.7. The molecule has 0 saturated carbocycles. The fraction of sp³-hybridized carbons (Fsp3) is 0.500. The summed E-state index contributed by atoms with van der Waals surface area (Å²) in [5.41, 5.74) is -0.796. The Morgan fingerprint density at radius 3 is 2.52 bits per heavy atom. The van der Waals surface area contributed by atoms with E-state index >= 15 is 0 Å². The molecule has 1 heterocycles.